The maximum absolute atomic E-state index is 5.74. The molecule has 88 valence electrons. The van der Waals surface area contributed by atoms with Gasteiger partial charge in [-0.25, -0.2) is 0 Å². The molecule has 0 aliphatic carbocycles. The molecule has 1 aliphatic heterocycles. The van der Waals surface area contributed by atoms with Crippen LogP contribution in [0.1, 0.15) is 31.2 Å². The van der Waals surface area contributed by atoms with Crippen molar-refractivity contribution in [2.45, 2.75) is 45.4 Å². The molecule has 1 aliphatic rings. The van der Waals surface area contributed by atoms with E-state index < -0.39 is 0 Å². The van der Waals surface area contributed by atoms with Crippen LogP contribution in [0, 0.1) is 6.92 Å². The van der Waals surface area contributed by atoms with Gasteiger partial charge in [-0.05, 0) is 38.8 Å². The minimum absolute atomic E-state index is 0.389. The van der Waals surface area contributed by atoms with Gasteiger partial charge < -0.3 is 10.1 Å². The molecule has 3 nitrogen and oxygen atoms in total. The zero-order valence-electron chi connectivity index (χ0n) is 10.1. The molecule has 1 saturated heterocycles. The third-order valence-electron chi connectivity index (χ3n) is 2.94. The van der Waals surface area contributed by atoms with Crippen molar-refractivity contribution in [2.75, 3.05) is 6.54 Å². The normalized spacial score (nSPS) is 24.9. The lowest BCUT2D eigenvalue weighted by molar-refractivity contribution is 0.0558. The van der Waals surface area contributed by atoms with Crippen LogP contribution in [-0.2, 0) is 11.3 Å². The number of hydrogen-bond donors (Lipinski definition) is 1. The first kappa shape index (κ1) is 11.6. The zero-order valence-corrected chi connectivity index (χ0v) is 10.1. The number of nitrogens with zero attached hydrogens (tertiary/aromatic N) is 1. The van der Waals surface area contributed by atoms with E-state index >= 15 is 0 Å². The molecule has 2 unspecified atom stereocenters. The third kappa shape index (κ3) is 3.29. The summed E-state index contributed by atoms with van der Waals surface area (Å²) in [5.41, 5.74) is 2.18. The Morgan fingerprint density at radius 1 is 1.44 bits per heavy atom. The average Bonchev–Trinajstić information content (AvgIpc) is 2.64. The molecular weight excluding hydrogens is 200 g/mol. The second-order valence-corrected chi connectivity index (χ2v) is 4.55. The molecule has 3 heteroatoms. The van der Waals surface area contributed by atoms with Crippen molar-refractivity contribution in [1.29, 1.82) is 0 Å². The fraction of sp³-hybridized carbons (Fsp3) is 0.615. The van der Waals surface area contributed by atoms with E-state index in [1.165, 1.54) is 12.8 Å². The van der Waals surface area contributed by atoms with Gasteiger partial charge in [-0.15, -0.1) is 0 Å². The number of nitrogens with one attached hydrogen (secondary N) is 1. The predicted molar refractivity (Wildman–Crippen MR) is 64.2 cm³/mol. The summed E-state index contributed by atoms with van der Waals surface area (Å²) in [6, 6.07) is 6.12. The fourth-order valence-corrected chi connectivity index (χ4v) is 2.09. The van der Waals surface area contributed by atoms with Gasteiger partial charge in [0.15, 0.2) is 0 Å². The molecule has 1 aromatic heterocycles. The first-order chi connectivity index (χ1) is 7.74. The summed E-state index contributed by atoms with van der Waals surface area (Å²) in [4.78, 5) is 4.45. The Balaban J connectivity index is 1.72. The fourth-order valence-electron chi connectivity index (χ4n) is 2.09. The molecule has 0 aromatic carbocycles. The van der Waals surface area contributed by atoms with Crippen LogP contribution in [0.4, 0.5) is 0 Å². The van der Waals surface area contributed by atoms with Gasteiger partial charge in [0, 0.05) is 18.8 Å². The average molecular weight is 220 g/mol. The summed E-state index contributed by atoms with van der Waals surface area (Å²) in [6.45, 7) is 5.92. The van der Waals surface area contributed by atoms with E-state index in [9.17, 15) is 0 Å². The monoisotopic (exact) mass is 220 g/mol. The van der Waals surface area contributed by atoms with Crippen molar-refractivity contribution in [3.8, 4) is 0 Å². The molecule has 0 saturated carbocycles. The molecule has 2 atom stereocenters. The van der Waals surface area contributed by atoms with Crippen molar-refractivity contribution in [1.82, 2.24) is 10.3 Å². The van der Waals surface area contributed by atoms with Gasteiger partial charge in [0.05, 0.1) is 17.9 Å². The number of aryl methyl sites for hydroxylation is 1. The van der Waals surface area contributed by atoms with Crippen molar-refractivity contribution in [3.05, 3.63) is 29.6 Å². The van der Waals surface area contributed by atoms with Crippen LogP contribution in [-0.4, -0.2) is 23.7 Å². The zero-order chi connectivity index (χ0) is 11.4. The molecule has 2 heterocycles. The Morgan fingerprint density at radius 2 is 2.31 bits per heavy atom. The van der Waals surface area contributed by atoms with Crippen LogP contribution in [0.5, 0.6) is 0 Å². The van der Waals surface area contributed by atoms with Crippen molar-refractivity contribution in [3.63, 3.8) is 0 Å². The summed E-state index contributed by atoms with van der Waals surface area (Å²) in [6.07, 6.45) is 3.19. The Kier molecular flexibility index (Phi) is 3.91. The van der Waals surface area contributed by atoms with Crippen LogP contribution < -0.4 is 5.32 Å². The summed E-state index contributed by atoms with van der Waals surface area (Å²) in [7, 11) is 0. The lowest BCUT2D eigenvalue weighted by Crippen LogP contribution is -2.26. The largest absolute Gasteiger partial charge is 0.374 e. The standard InChI is InChI=1S/C13H20N2O/c1-10-4-3-5-12(15-10)8-14-9-13-7-6-11(2)16-13/h3-5,11,13-14H,6-9H2,1-2H3. The highest BCUT2D eigenvalue weighted by molar-refractivity contribution is 5.09. The Bertz CT molecular complexity index is 340. The predicted octanol–water partition coefficient (Wildman–Crippen LogP) is 2.05. The Morgan fingerprint density at radius 3 is 3.00 bits per heavy atom. The van der Waals surface area contributed by atoms with Crippen molar-refractivity contribution >= 4 is 0 Å². The lowest BCUT2D eigenvalue weighted by atomic mass is 10.2. The van der Waals surface area contributed by atoms with E-state index in [4.69, 9.17) is 4.74 Å². The number of aromatic nitrogens is 1. The van der Waals surface area contributed by atoms with Crippen LogP contribution in [0.25, 0.3) is 0 Å². The summed E-state index contributed by atoms with van der Waals surface area (Å²) in [5.74, 6) is 0. The number of pyridine rings is 1. The van der Waals surface area contributed by atoms with Gasteiger partial charge in [-0.3, -0.25) is 4.98 Å². The second-order valence-electron chi connectivity index (χ2n) is 4.55. The van der Waals surface area contributed by atoms with Crippen molar-refractivity contribution < 1.29 is 4.74 Å². The molecule has 2 rings (SSSR count). The van der Waals surface area contributed by atoms with Crippen LogP contribution in [0.15, 0.2) is 18.2 Å². The van der Waals surface area contributed by atoms with Gasteiger partial charge in [-0.1, -0.05) is 6.07 Å². The van der Waals surface area contributed by atoms with E-state index in [0.717, 1.165) is 24.5 Å². The lowest BCUT2D eigenvalue weighted by Gasteiger charge is -2.12. The highest BCUT2D eigenvalue weighted by Crippen LogP contribution is 2.18. The quantitative estimate of drug-likeness (QED) is 0.843. The molecule has 0 radical (unpaired) electrons. The Labute approximate surface area is 97.2 Å². The van der Waals surface area contributed by atoms with Crippen LogP contribution in [0.3, 0.4) is 0 Å². The van der Waals surface area contributed by atoms with Gasteiger partial charge >= 0.3 is 0 Å². The molecule has 0 bridgehead atoms. The summed E-state index contributed by atoms with van der Waals surface area (Å²) >= 11 is 0. The number of ether oxygens (including phenoxy) is 1. The molecular formula is C13H20N2O. The number of hydrogen-bond acceptors (Lipinski definition) is 3. The van der Waals surface area contributed by atoms with E-state index in [0.29, 0.717) is 12.2 Å². The second kappa shape index (κ2) is 5.41. The molecule has 1 fully saturated rings. The molecule has 0 amide bonds. The van der Waals surface area contributed by atoms with E-state index in [1.807, 2.05) is 19.1 Å². The molecule has 0 spiro atoms. The van der Waals surface area contributed by atoms with Gasteiger partial charge in [-0.2, -0.15) is 0 Å². The van der Waals surface area contributed by atoms with Crippen molar-refractivity contribution in [2.24, 2.45) is 0 Å². The highest BCUT2D eigenvalue weighted by atomic mass is 16.5. The van der Waals surface area contributed by atoms with E-state index in [-0.39, 0.29) is 0 Å². The minimum atomic E-state index is 0.389. The van der Waals surface area contributed by atoms with E-state index in [2.05, 4.69) is 23.3 Å². The Hall–Kier alpha value is -0.930. The van der Waals surface area contributed by atoms with Gasteiger partial charge in [0.25, 0.3) is 0 Å². The minimum Gasteiger partial charge on any atom is -0.374 e. The van der Waals surface area contributed by atoms with Gasteiger partial charge in [0.1, 0.15) is 0 Å². The first-order valence-corrected chi connectivity index (χ1v) is 6.03. The topological polar surface area (TPSA) is 34.1 Å². The first-order valence-electron chi connectivity index (χ1n) is 6.03. The summed E-state index contributed by atoms with van der Waals surface area (Å²) in [5, 5.41) is 3.40. The summed E-state index contributed by atoms with van der Waals surface area (Å²) < 4.78 is 5.74. The number of rotatable bonds is 4. The SMILES string of the molecule is Cc1cccc(CNCC2CCC(C)O2)n1. The molecule has 16 heavy (non-hydrogen) atoms. The maximum Gasteiger partial charge on any atom is 0.0704 e. The maximum atomic E-state index is 5.74. The van der Waals surface area contributed by atoms with Gasteiger partial charge in [0.2, 0.25) is 0 Å². The smallest absolute Gasteiger partial charge is 0.0704 e. The van der Waals surface area contributed by atoms with Crippen LogP contribution >= 0.6 is 0 Å². The van der Waals surface area contributed by atoms with Crippen LogP contribution in [0.2, 0.25) is 0 Å². The molecule has 1 aromatic rings. The third-order valence-corrected chi connectivity index (χ3v) is 2.94. The molecule has 1 N–H and O–H groups in total. The highest BCUT2D eigenvalue weighted by Gasteiger charge is 2.20. The van der Waals surface area contributed by atoms with E-state index in [1.54, 1.807) is 0 Å².